The number of hydrogen-bond donors (Lipinski definition) is 4. The molecule has 2 saturated heterocycles. The van der Waals surface area contributed by atoms with Crippen molar-refractivity contribution in [3.05, 3.63) is 161 Å². The number of aromatic amines is 1. The van der Waals surface area contributed by atoms with Gasteiger partial charge in [-0.3, -0.25) is 14.7 Å². The minimum absolute atomic E-state index is 0.0315. The first kappa shape index (κ1) is 52.3. The van der Waals surface area contributed by atoms with Crippen LogP contribution in [0.15, 0.2) is 138 Å². The summed E-state index contributed by atoms with van der Waals surface area (Å²) < 4.78 is 15.6. The van der Waals surface area contributed by atoms with Gasteiger partial charge in [-0.2, -0.15) is 0 Å². The number of carbonyl (C=O) groups excluding carboxylic acids is 4. The predicted octanol–water partition coefficient (Wildman–Crippen LogP) is 9.85. The molecule has 0 saturated carbocycles. The number of rotatable bonds is 17. The number of nitrogens with zero attached hydrogens (tertiary/aromatic N) is 5. The minimum atomic E-state index is -0.889. The molecule has 77 heavy (non-hydrogen) atoms. The highest BCUT2D eigenvalue weighted by Gasteiger charge is 2.39. The lowest BCUT2D eigenvalue weighted by molar-refractivity contribution is -0.134. The molecule has 5 aromatic carbocycles. The number of nitrogens with one attached hydrogen (secondary N) is 4. The second-order valence-electron chi connectivity index (χ2n) is 20.7. The molecule has 4 amide bonds. The summed E-state index contributed by atoms with van der Waals surface area (Å²) in [4.78, 5) is 74.5. The number of carbonyl (C=O) groups is 4. The lowest BCUT2D eigenvalue weighted by Gasteiger charge is -2.37. The zero-order valence-corrected chi connectivity index (χ0v) is 44.3. The van der Waals surface area contributed by atoms with Crippen molar-refractivity contribution in [2.24, 2.45) is 15.9 Å². The number of methoxy groups -OCH3 is 2. The van der Waals surface area contributed by atoms with Crippen LogP contribution in [-0.4, -0.2) is 120 Å². The maximum atomic E-state index is 14.4. The minimum Gasteiger partial charge on any atom is -0.453 e. The Bertz CT molecular complexity index is 3110. The number of ether oxygens (including phenoxy) is 3. The summed E-state index contributed by atoms with van der Waals surface area (Å²) in [6.07, 6.45) is 3.95. The van der Waals surface area contributed by atoms with Crippen LogP contribution in [0.1, 0.15) is 92.1 Å². The SMILES string of the molecule is COC(=O)N[C@@H](C(C)C)C(C)N1CCC[C@H]1C1=NCC(c2ccc(-c3ccc(-c4cnc([C@@H]5CCCN5C(=O)[C@H](Cc5ccc(CNC(=O)OCC6c7ccccc7-c7ccccc76)cc5)NC(=O)OC)[nH]4)cc3)cc2)=N1. The Hall–Kier alpha value is -8.11. The largest absolute Gasteiger partial charge is 0.453 e. The van der Waals surface area contributed by atoms with Crippen LogP contribution in [0.2, 0.25) is 0 Å². The summed E-state index contributed by atoms with van der Waals surface area (Å²) in [7, 11) is 2.68. The first-order chi connectivity index (χ1) is 37.5. The number of imidazole rings is 1. The van der Waals surface area contributed by atoms with Crippen molar-refractivity contribution in [1.29, 1.82) is 0 Å². The second-order valence-corrected chi connectivity index (χ2v) is 20.7. The fourth-order valence-electron chi connectivity index (χ4n) is 11.6. The smallest absolute Gasteiger partial charge is 0.407 e. The Kier molecular flexibility index (Phi) is 15.9. The van der Waals surface area contributed by atoms with Gasteiger partial charge < -0.3 is 40.0 Å². The van der Waals surface area contributed by atoms with E-state index in [1.165, 1.54) is 25.3 Å². The van der Waals surface area contributed by atoms with Crippen LogP contribution in [-0.2, 0) is 32.0 Å². The van der Waals surface area contributed by atoms with Crippen molar-refractivity contribution in [3.8, 4) is 33.5 Å². The third-order valence-corrected chi connectivity index (χ3v) is 15.7. The fourth-order valence-corrected chi connectivity index (χ4v) is 11.6. The lowest BCUT2D eigenvalue weighted by Crippen LogP contribution is -2.55. The quantitative estimate of drug-likeness (QED) is 0.0644. The van der Waals surface area contributed by atoms with Crippen molar-refractivity contribution in [2.75, 3.05) is 40.5 Å². The van der Waals surface area contributed by atoms with Gasteiger partial charge in [0.05, 0.1) is 50.5 Å². The predicted molar refractivity (Wildman–Crippen MR) is 297 cm³/mol. The number of amidine groups is 1. The number of hydrogen-bond acceptors (Lipinski definition) is 11. The van der Waals surface area contributed by atoms with Crippen molar-refractivity contribution >= 4 is 35.7 Å². The molecule has 0 bridgehead atoms. The molecule has 4 heterocycles. The Morgan fingerprint density at radius 2 is 1.29 bits per heavy atom. The van der Waals surface area contributed by atoms with Crippen molar-refractivity contribution in [3.63, 3.8) is 0 Å². The molecule has 2 fully saturated rings. The maximum absolute atomic E-state index is 14.4. The molecule has 1 unspecified atom stereocenters. The summed E-state index contributed by atoms with van der Waals surface area (Å²) in [5.74, 6) is 1.51. The molecule has 6 aromatic rings. The first-order valence-corrected chi connectivity index (χ1v) is 26.8. The number of alkyl carbamates (subject to hydrolysis) is 3. The summed E-state index contributed by atoms with van der Waals surface area (Å²) in [5, 5.41) is 8.70. The van der Waals surface area contributed by atoms with Crippen LogP contribution in [0, 0.1) is 5.92 Å². The van der Waals surface area contributed by atoms with Gasteiger partial charge in [0.2, 0.25) is 5.91 Å². The molecule has 1 aliphatic carbocycles. The van der Waals surface area contributed by atoms with Gasteiger partial charge in [-0.25, -0.2) is 24.4 Å². The van der Waals surface area contributed by atoms with Crippen LogP contribution in [0.4, 0.5) is 14.4 Å². The Balaban J connectivity index is 0.730. The van der Waals surface area contributed by atoms with E-state index in [-0.39, 0.29) is 61.5 Å². The monoisotopic (exact) mass is 1040 g/mol. The highest BCUT2D eigenvalue weighted by atomic mass is 16.6. The molecule has 0 radical (unpaired) electrons. The van der Waals surface area contributed by atoms with E-state index in [0.717, 1.165) is 94.0 Å². The molecule has 16 nitrogen and oxygen atoms in total. The van der Waals surface area contributed by atoms with Gasteiger partial charge in [-0.05, 0) is 101 Å². The molecule has 398 valence electrons. The van der Waals surface area contributed by atoms with E-state index >= 15 is 0 Å². The zero-order chi connectivity index (χ0) is 53.6. The molecular formula is C61H67N9O7. The molecule has 4 aliphatic rings. The number of amides is 4. The van der Waals surface area contributed by atoms with Crippen molar-refractivity contribution < 1.29 is 33.4 Å². The van der Waals surface area contributed by atoms with Gasteiger partial charge in [0.1, 0.15) is 24.3 Å². The van der Waals surface area contributed by atoms with Crippen LogP contribution < -0.4 is 16.0 Å². The fraction of sp³-hybridized carbons (Fsp3) is 0.361. The molecule has 3 aliphatic heterocycles. The summed E-state index contributed by atoms with van der Waals surface area (Å²) in [6, 6.07) is 39.7. The molecule has 0 spiro atoms. The first-order valence-electron chi connectivity index (χ1n) is 26.8. The van der Waals surface area contributed by atoms with E-state index < -0.39 is 24.3 Å². The van der Waals surface area contributed by atoms with Gasteiger partial charge in [-0.15, -0.1) is 0 Å². The highest BCUT2D eigenvalue weighted by molar-refractivity contribution is 6.14. The van der Waals surface area contributed by atoms with Crippen LogP contribution >= 0.6 is 0 Å². The van der Waals surface area contributed by atoms with Gasteiger partial charge in [0.25, 0.3) is 0 Å². The number of fused-ring (bicyclic) bond motifs is 3. The van der Waals surface area contributed by atoms with Crippen LogP contribution in [0.25, 0.3) is 33.5 Å². The van der Waals surface area contributed by atoms with Crippen LogP contribution in [0.3, 0.4) is 0 Å². The van der Waals surface area contributed by atoms with E-state index in [9.17, 15) is 19.2 Å². The maximum Gasteiger partial charge on any atom is 0.407 e. The average Bonchev–Trinajstić information content (AvgIpc) is 4.34. The van der Waals surface area contributed by atoms with E-state index in [2.05, 4.69) is 119 Å². The standard InChI is InChI=1S/C61H67N9O7/c1-37(2)55(68-61(74)76-5)38(3)69-30-10-16-53(69)56-62-34-51(65-56)43-26-22-41(23-27-43)42-24-28-44(29-25-42)52-35-63-57(66-52)54-17-11-31-70(54)58(71)50(67-60(73)75-4)32-39-18-20-40(21-19-39)33-64-59(72)77-36-49-47-14-8-6-12-45(47)46-13-7-9-15-48(46)49/h6-9,12-15,18-29,35,37-38,49-50,53-55H,10-11,16-17,30-34,36H2,1-5H3,(H,63,66)(H,64,72)(H,67,73)(H,68,74)/t38?,50-,53-,54-,55-/m0/s1. The molecular weight excluding hydrogens is 971 g/mol. The van der Waals surface area contributed by atoms with Gasteiger partial charge >= 0.3 is 18.3 Å². The Morgan fingerprint density at radius 1 is 0.688 bits per heavy atom. The normalized spacial score (nSPS) is 18.2. The molecule has 4 N–H and O–H groups in total. The van der Waals surface area contributed by atoms with E-state index in [1.54, 1.807) is 11.1 Å². The third-order valence-electron chi connectivity index (χ3n) is 15.7. The Labute approximate surface area is 449 Å². The number of aromatic nitrogens is 2. The van der Waals surface area contributed by atoms with Gasteiger partial charge in [-0.1, -0.05) is 135 Å². The van der Waals surface area contributed by atoms with E-state index in [4.69, 9.17) is 29.2 Å². The topological polar surface area (TPSA) is 192 Å². The van der Waals surface area contributed by atoms with Gasteiger partial charge in [0, 0.05) is 37.5 Å². The van der Waals surface area contributed by atoms with Crippen molar-refractivity contribution in [1.82, 2.24) is 35.7 Å². The Morgan fingerprint density at radius 3 is 1.95 bits per heavy atom. The van der Waals surface area contributed by atoms with Crippen LogP contribution in [0.5, 0.6) is 0 Å². The van der Waals surface area contributed by atoms with Gasteiger partial charge in [0.15, 0.2) is 0 Å². The lowest BCUT2D eigenvalue weighted by atomic mass is 9.95. The summed E-state index contributed by atoms with van der Waals surface area (Å²) in [6.45, 7) is 8.85. The summed E-state index contributed by atoms with van der Waals surface area (Å²) >= 11 is 0. The number of benzene rings is 5. The number of aliphatic imine (C=N–C) groups is 2. The molecule has 16 heteroatoms. The number of H-pyrrole nitrogens is 1. The third kappa shape index (κ3) is 11.5. The van der Waals surface area contributed by atoms with Crippen molar-refractivity contribution in [2.45, 2.75) is 95.5 Å². The highest BCUT2D eigenvalue weighted by Crippen LogP contribution is 2.44. The van der Waals surface area contributed by atoms with E-state index in [1.807, 2.05) is 48.5 Å². The molecule has 1 aromatic heterocycles. The molecule has 5 atom stereocenters. The average molecular weight is 1040 g/mol. The molecule has 10 rings (SSSR count). The zero-order valence-electron chi connectivity index (χ0n) is 44.3. The van der Waals surface area contributed by atoms with E-state index in [0.29, 0.717) is 18.9 Å². The number of likely N-dealkylation sites (tertiary alicyclic amines) is 2. The second kappa shape index (κ2) is 23.4. The summed E-state index contributed by atoms with van der Waals surface area (Å²) in [5.41, 5.74) is 12.3.